The van der Waals surface area contributed by atoms with E-state index in [0.717, 1.165) is 0 Å². The van der Waals surface area contributed by atoms with Gasteiger partial charge in [-0.15, -0.1) is 0 Å². The predicted molar refractivity (Wildman–Crippen MR) is 47.6 cm³/mol. The Labute approximate surface area is 135 Å². The van der Waals surface area contributed by atoms with E-state index >= 15 is 0 Å². The predicted octanol–water partition coefficient (Wildman–Crippen LogP) is 4.42. The molecule has 1 N–H and O–H groups in total. The van der Waals surface area contributed by atoms with Crippen molar-refractivity contribution in [1.29, 1.82) is 0 Å². The summed E-state index contributed by atoms with van der Waals surface area (Å²) in [5, 5.41) is 7.50. The molecule has 162 valence electrons. The molecule has 0 rings (SSSR count). The average molecular weight is 446 g/mol. The third-order valence-corrected chi connectivity index (χ3v) is 2.89. The Hall–Kier alpha value is -1.49. The molecule has 0 aromatic heterocycles. The van der Waals surface area contributed by atoms with Gasteiger partial charge in [0.15, 0.2) is 5.92 Å². The quantitative estimate of drug-likeness (QED) is 0.636. The number of ketones is 1. The normalized spacial score (nSPS) is 17.1. The van der Waals surface area contributed by atoms with Crippen molar-refractivity contribution in [2.45, 2.75) is 42.2 Å². The van der Waals surface area contributed by atoms with Crippen LogP contribution in [0.4, 0.5) is 70.2 Å². The zero-order valence-electron chi connectivity index (χ0n) is 11.5. The summed E-state index contributed by atoms with van der Waals surface area (Å²) < 4.78 is 200. The van der Waals surface area contributed by atoms with Crippen LogP contribution in [-0.4, -0.2) is 53.0 Å². The van der Waals surface area contributed by atoms with Crippen LogP contribution in [0.1, 0.15) is 0 Å². The zero-order valence-corrected chi connectivity index (χ0v) is 11.5. The molecule has 0 amide bonds. The van der Waals surface area contributed by atoms with E-state index < -0.39 is 53.9 Å². The van der Waals surface area contributed by atoms with Gasteiger partial charge in [-0.3, -0.25) is 4.79 Å². The summed E-state index contributed by atoms with van der Waals surface area (Å²) >= 11 is 0. The summed E-state index contributed by atoms with van der Waals surface area (Å²) in [5.41, 5.74) is -7.92. The lowest BCUT2D eigenvalue weighted by Crippen LogP contribution is -2.69. The Morgan fingerprint density at radius 1 is 0.630 bits per heavy atom. The van der Waals surface area contributed by atoms with Crippen LogP contribution in [0.3, 0.4) is 0 Å². The van der Waals surface area contributed by atoms with E-state index in [4.69, 9.17) is 5.11 Å². The fourth-order valence-electron chi connectivity index (χ4n) is 1.57. The van der Waals surface area contributed by atoms with Gasteiger partial charge in [0.1, 0.15) is 0 Å². The molecule has 27 heavy (non-hydrogen) atoms. The van der Waals surface area contributed by atoms with Gasteiger partial charge in [0.25, 0.3) is 0 Å². The number of Topliss-reactive ketones (excluding diaryl/α,β-unsaturated/α-hetero) is 1. The Bertz CT molecular complexity index is 546. The van der Waals surface area contributed by atoms with Gasteiger partial charge in [-0.2, -0.15) is 65.9 Å². The van der Waals surface area contributed by atoms with E-state index in [0.29, 0.717) is 0 Å². The van der Waals surface area contributed by atoms with Gasteiger partial charge in [0.2, 0.25) is 5.78 Å². The van der Waals surface area contributed by atoms with Crippen LogP contribution in [0.2, 0.25) is 0 Å². The van der Waals surface area contributed by atoms with Crippen molar-refractivity contribution >= 4 is 5.78 Å². The van der Waals surface area contributed by atoms with Crippen molar-refractivity contribution in [3.63, 3.8) is 0 Å². The number of hydrogen-bond donors (Lipinski definition) is 1. The summed E-state index contributed by atoms with van der Waals surface area (Å²) in [7, 11) is 0. The highest BCUT2D eigenvalue weighted by Gasteiger charge is 2.86. The summed E-state index contributed by atoms with van der Waals surface area (Å²) in [6.45, 7) is 0. The molecule has 0 aliphatic rings. The molecule has 1 atom stereocenters. The molecular formula is C9H2F16O2. The molecule has 0 aromatic carbocycles. The van der Waals surface area contributed by atoms with E-state index in [-0.39, 0.29) is 0 Å². The topological polar surface area (TPSA) is 37.3 Å². The third-order valence-electron chi connectivity index (χ3n) is 2.89. The number of carbonyl (C=O) groups is 1. The minimum atomic E-state index is -7.92. The molecule has 0 aromatic rings. The molecule has 0 saturated carbocycles. The first kappa shape index (κ1) is 25.5. The highest BCUT2D eigenvalue weighted by molar-refractivity contribution is 5.91. The van der Waals surface area contributed by atoms with Crippen LogP contribution in [0.5, 0.6) is 0 Å². The van der Waals surface area contributed by atoms with Gasteiger partial charge in [-0.1, -0.05) is 0 Å². The van der Waals surface area contributed by atoms with Crippen molar-refractivity contribution < 1.29 is 80.1 Å². The number of carbonyl (C=O) groups excluding carboxylic acids is 1. The second-order valence-electron chi connectivity index (χ2n) is 4.74. The Morgan fingerprint density at radius 2 is 0.926 bits per heavy atom. The first-order valence-electron chi connectivity index (χ1n) is 5.57. The van der Waals surface area contributed by atoms with Crippen molar-refractivity contribution in [1.82, 2.24) is 0 Å². The molecule has 0 heterocycles. The number of rotatable bonds is 5. The number of halogens is 16. The maximum atomic E-state index is 13.4. The average Bonchev–Trinajstić information content (AvgIpc) is 2.32. The lowest BCUT2D eigenvalue weighted by molar-refractivity contribution is -0.393. The zero-order chi connectivity index (χ0) is 22.7. The number of alkyl halides is 16. The van der Waals surface area contributed by atoms with Crippen molar-refractivity contribution in [3.8, 4) is 0 Å². The van der Waals surface area contributed by atoms with Crippen LogP contribution in [0, 0.1) is 5.92 Å². The van der Waals surface area contributed by atoms with Gasteiger partial charge in [0, 0.05) is 0 Å². The summed E-state index contributed by atoms with van der Waals surface area (Å²) in [4.78, 5) is 10.8. The van der Waals surface area contributed by atoms with Gasteiger partial charge in [0.05, 0.1) is 0 Å². The molecule has 1 unspecified atom stereocenters. The first-order chi connectivity index (χ1) is 11.3. The lowest BCUT2D eigenvalue weighted by atomic mass is 9.80. The minimum absolute atomic E-state index is 5.24. The molecule has 0 saturated heterocycles. The molecule has 0 bridgehead atoms. The van der Waals surface area contributed by atoms with E-state index in [1.54, 1.807) is 0 Å². The Morgan fingerprint density at radius 3 is 1.11 bits per heavy atom. The van der Waals surface area contributed by atoms with Gasteiger partial charge >= 0.3 is 42.2 Å². The molecule has 2 nitrogen and oxygen atoms in total. The first-order valence-corrected chi connectivity index (χ1v) is 5.57. The SMILES string of the molecule is O=C(C(C(F)(F)F)C(F)(C(F)(F)F)C(F)(F)F)C(F)(F)C(F)(F)C(O)(F)F. The van der Waals surface area contributed by atoms with E-state index in [1.165, 1.54) is 0 Å². The molecule has 0 spiro atoms. The number of hydrogen-bond acceptors (Lipinski definition) is 2. The monoisotopic (exact) mass is 446 g/mol. The van der Waals surface area contributed by atoms with Gasteiger partial charge < -0.3 is 5.11 Å². The fourth-order valence-corrected chi connectivity index (χ4v) is 1.57. The lowest BCUT2D eigenvalue weighted by Gasteiger charge is -2.39. The molecule has 0 fully saturated rings. The largest absolute Gasteiger partial charge is 0.432 e. The Kier molecular flexibility index (Phi) is 5.92. The molecule has 0 aliphatic carbocycles. The summed E-state index contributed by atoms with van der Waals surface area (Å²) in [5.74, 6) is -27.2. The van der Waals surface area contributed by atoms with Crippen molar-refractivity contribution in [2.75, 3.05) is 0 Å². The molecule has 0 aliphatic heterocycles. The maximum absolute atomic E-state index is 13.4. The van der Waals surface area contributed by atoms with Crippen molar-refractivity contribution in [3.05, 3.63) is 0 Å². The molecule has 18 heteroatoms. The minimum Gasteiger partial charge on any atom is -0.331 e. The van der Waals surface area contributed by atoms with E-state index in [1.807, 2.05) is 0 Å². The van der Waals surface area contributed by atoms with Crippen LogP contribution < -0.4 is 0 Å². The van der Waals surface area contributed by atoms with Crippen LogP contribution in [-0.2, 0) is 4.79 Å². The Balaban J connectivity index is 6.90. The maximum Gasteiger partial charge on any atom is 0.432 e. The van der Waals surface area contributed by atoms with Gasteiger partial charge in [-0.25, -0.2) is 4.39 Å². The fraction of sp³-hybridized carbons (Fsp3) is 0.889. The third kappa shape index (κ3) is 3.89. The number of aliphatic hydroxyl groups is 1. The van der Waals surface area contributed by atoms with E-state index in [2.05, 4.69) is 0 Å². The van der Waals surface area contributed by atoms with Crippen LogP contribution in [0.25, 0.3) is 0 Å². The smallest absolute Gasteiger partial charge is 0.331 e. The summed E-state index contributed by atoms with van der Waals surface area (Å²) in [6.07, 6.45) is -30.3. The second kappa shape index (κ2) is 6.26. The van der Waals surface area contributed by atoms with Crippen molar-refractivity contribution in [2.24, 2.45) is 5.92 Å². The second-order valence-corrected chi connectivity index (χ2v) is 4.74. The molecular weight excluding hydrogens is 444 g/mol. The van der Waals surface area contributed by atoms with Crippen LogP contribution in [0.15, 0.2) is 0 Å². The van der Waals surface area contributed by atoms with Crippen LogP contribution >= 0.6 is 0 Å². The van der Waals surface area contributed by atoms with Gasteiger partial charge in [-0.05, 0) is 0 Å². The summed E-state index contributed by atoms with van der Waals surface area (Å²) in [6, 6.07) is 0. The standard InChI is InChI=1S/C9H2F16O2/c10-3(7(18,19)20,8(21,22)23)1(5(13,14)15)2(26)4(11,12)6(16,17)9(24,25)27/h1,27H. The van der Waals surface area contributed by atoms with E-state index in [9.17, 15) is 75.0 Å². The highest BCUT2D eigenvalue weighted by Crippen LogP contribution is 2.58. The highest BCUT2D eigenvalue weighted by atomic mass is 19.4. The molecule has 0 radical (unpaired) electrons.